The maximum absolute atomic E-state index is 6.75. The smallest absolute Gasteiger partial charge is 0.399 e. The molecule has 0 bridgehead atoms. The second-order valence-corrected chi connectivity index (χ2v) is 18.1. The second kappa shape index (κ2) is 13.6. The van der Waals surface area contributed by atoms with Gasteiger partial charge in [0.1, 0.15) is 0 Å². The fourth-order valence-corrected chi connectivity index (χ4v) is 11.0. The molecule has 2 aliphatic carbocycles. The lowest BCUT2D eigenvalue weighted by Gasteiger charge is -2.45. The van der Waals surface area contributed by atoms with Crippen molar-refractivity contribution in [3.63, 3.8) is 0 Å². The van der Waals surface area contributed by atoms with Crippen molar-refractivity contribution in [1.82, 2.24) is 15.0 Å². The van der Waals surface area contributed by atoms with Gasteiger partial charge >= 0.3 is 7.12 Å². The zero-order chi connectivity index (χ0) is 39.9. The third kappa shape index (κ3) is 5.59. The average molecular weight is 784 g/mol. The molecule has 11 rings (SSSR count). The van der Waals surface area contributed by atoms with E-state index in [1.54, 1.807) is 0 Å². The highest BCUT2D eigenvalue weighted by Gasteiger charge is 2.57. The molecule has 1 aromatic heterocycles. The van der Waals surface area contributed by atoms with Crippen molar-refractivity contribution in [3.8, 4) is 56.4 Å². The van der Waals surface area contributed by atoms with Gasteiger partial charge in [0.2, 0.25) is 0 Å². The van der Waals surface area contributed by atoms with Crippen LogP contribution in [0.1, 0.15) is 50.8 Å². The standard InChI is InChI=1S/C52H42BN3O2S/c1-50(2)51(3,4)58-53(57-50)43-27-16-25-41-45(43)38-21-11-12-23-39(38)52(41)40-24-13-14-28-44(40)59-46-37(22-15-26-42(46)52)33-29-31-36(32-30-33)49-55-47(34-17-7-5-8-18-34)54-48(56-49)35-19-9-6-10-20-35/h5-27,29-32,44H,28H2,1-4H3. The largest absolute Gasteiger partial charge is 0.495 e. The number of hydrogen-bond acceptors (Lipinski definition) is 6. The highest BCUT2D eigenvalue weighted by molar-refractivity contribution is 8.00. The van der Waals surface area contributed by atoms with Crippen molar-refractivity contribution < 1.29 is 9.31 Å². The van der Waals surface area contributed by atoms with Crippen molar-refractivity contribution >= 4 is 24.3 Å². The van der Waals surface area contributed by atoms with Gasteiger partial charge in [-0.3, -0.25) is 0 Å². The van der Waals surface area contributed by atoms with E-state index in [4.69, 9.17) is 24.3 Å². The van der Waals surface area contributed by atoms with Crippen molar-refractivity contribution in [2.45, 2.75) is 60.9 Å². The van der Waals surface area contributed by atoms with Crippen molar-refractivity contribution in [3.05, 3.63) is 186 Å². The topological polar surface area (TPSA) is 57.1 Å². The van der Waals surface area contributed by atoms with Crippen LogP contribution in [0.4, 0.5) is 0 Å². The van der Waals surface area contributed by atoms with Crippen molar-refractivity contribution in [2.75, 3.05) is 0 Å². The SMILES string of the molecule is CC1(C)OB(c2cccc3c2-c2ccccc2C32C3=CC=CCC3Sc3c(-c4ccc(-c5nc(-c6ccccc6)nc(-c6ccccc6)n5)cc4)cccc32)OC1(C)C. The molecule has 0 saturated carbocycles. The summed E-state index contributed by atoms with van der Waals surface area (Å²) in [4.78, 5) is 16.2. The summed E-state index contributed by atoms with van der Waals surface area (Å²) in [6, 6.07) is 51.7. The number of benzene rings is 6. The highest BCUT2D eigenvalue weighted by Crippen LogP contribution is 2.64. The minimum Gasteiger partial charge on any atom is -0.399 e. The van der Waals surface area contributed by atoms with Gasteiger partial charge in [0.05, 0.1) is 16.6 Å². The molecule has 0 amide bonds. The Bertz CT molecular complexity index is 2780. The summed E-state index contributed by atoms with van der Waals surface area (Å²) in [6.07, 6.45) is 7.93. The van der Waals surface area contributed by atoms with E-state index in [9.17, 15) is 0 Å². The first-order chi connectivity index (χ1) is 28.7. The van der Waals surface area contributed by atoms with E-state index >= 15 is 0 Å². The molecule has 1 fully saturated rings. The molecular weight excluding hydrogens is 741 g/mol. The van der Waals surface area contributed by atoms with Crippen LogP contribution in [-0.2, 0) is 14.7 Å². The molecule has 2 unspecified atom stereocenters. The van der Waals surface area contributed by atoms with Crippen LogP contribution in [0.5, 0.6) is 0 Å². The van der Waals surface area contributed by atoms with Gasteiger partial charge in [-0.2, -0.15) is 0 Å². The summed E-state index contributed by atoms with van der Waals surface area (Å²) in [6.45, 7) is 8.52. The van der Waals surface area contributed by atoms with Gasteiger partial charge < -0.3 is 9.31 Å². The summed E-state index contributed by atoms with van der Waals surface area (Å²) in [5.74, 6) is 1.96. The molecule has 2 atom stereocenters. The maximum Gasteiger partial charge on any atom is 0.495 e. The quantitative estimate of drug-likeness (QED) is 0.162. The molecular formula is C52H42BN3O2S. The maximum atomic E-state index is 6.75. The number of rotatable bonds is 5. The Morgan fingerprint density at radius 1 is 0.542 bits per heavy atom. The van der Waals surface area contributed by atoms with E-state index in [0.29, 0.717) is 17.5 Å². The number of fused-ring (bicyclic) bond motifs is 9. The van der Waals surface area contributed by atoms with Gasteiger partial charge in [0.25, 0.3) is 0 Å². The minimum absolute atomic E-state index is 0.269. The van der Waals surface area contributed by atoms with E-state index in [1.165, 1.54) is 43.8 Å². The van der Waals surface area contributed by atoms with Crippen LogP contribution in [0.3, 0.4) is 0 Å². The fraction of sp³-hybridized carbons (Fsp3) is 0.173. The first kappa shape index (κ1) is 36.2. The van der Waals surface area contributed by atoms with Crippen LogP contribution in [0.2, 0.25) is 0 Å². The molecule has 5 nitrogen and oxygen atoms in total. The molecule has 59 heavy (non-hydrogen) atoms. The molecule has 2 aliphatic heterocycles. The van der Waals surface area contributed by atoms with E-state index < -0.39 is 23.7 Å². The Labute approximate surface area is 350 Å². The Kier molecular flexibility index (Phi) is 8.35. The fourth-order valence-electron chi connectivity index (χ4n) is 9.43. The van der Waals surface area contributed by atoms with Gasteiger partial charge in [0.15, 0.2) is 17.5 Å². The lowest BCUT2D eigenvalue weighted by molar-refractivity contribution is 0.00578. The van der Waals surface area contributed by atoms with Crippen LogP contribution in [0.15, 0.2) is 174 Å². The predicted octanol–water partition coefficient (Wildman–Crippen LogP) is 11.5. The summed E-state index contributed by atoms with van der Waals surface area (Å²) in [5.41, 5.74) is 12.8. The highest BCUT2D eigenvalue weighted by atomic mass is 32.2. The van der Waals surface area contributed by atoms with Gasteiger partial charge in [-0.05, 0) is 84.1 Å². The molecule has 1 spiro atoms. The van der Waals surface area contributed by atoms with Gasteiger partial charge in [-0.1, -0.05) is 164 Å². The lowest BCUT2D eigenvalue weighted by atomic mass is 9.63. The molecule has 6 aromatic carbocycles. The first-order valence-corrected chi connectivity index (χ1v) is 21.3. The Morgan fingerprint density at radius 3 is 1.73 bits per heavy atom. The minimum atomic E-state index is -0.482. The molecule has 1 saturated heterocycles. The van der Waals surface area contributed by atoms with Crippen LogP contribution in [-0.4, -0.2) is 38.5 Å². The first-order valence-electron chi connectivity index (χ1n) is 20.5. The van der Waals surface area contributed by atoms with E-state index in [1.807, 2.05) is 72.4 Å². The summed E-state index contributed by atoms with van der Waals surface area (Å²) in [7, 11) is -0.478. The van der Waals surface area contributed by atoms with Crippen LogP contribution in [0, 0.1) is 0 Å². The van der Waals surface area contributed by atoms with Crippen molar-refractivity contribution in [1.29, 1.82) is 0 Å². The monoisotopic (exact) mass is 783 g/mol. The third-order valence-corrected chi connectivity index (χ3v) is 14.4. The van der Waals surface area contributed by atoms with Gasteiger partial charge in [-0.15, -0.1) is 11.8 Å². The summed E-state index contributed by atoms with van der Waals surface area (Å²) >= 11 is 2.00. The summed E-state index contributed by atoms with van der Waals surface area (Å²) < 4.78 is 13.5. The predicted molar refractivity (Wildman–Crippen MR) is 241 cm³/mol. The number of nitrogens with zero attached hydrogens (tertiary/aromatic N) is 3. The number of aromatic nitrogens is 3. The van der Waals surface area contributed by atoms with Gasteiger partial charge in [-0.25, -0.2) is 15.0 Å². The lowest BCUT2D eigenvalue weighted by Crippen LogP contribution is -2.41. The second-order valence-electron chi connectivity index (χ2n) is 16.8. The van der Waals surface area contributed by atoms with E-state index in [2.05, 4.69) is 131 Å². The molecule has 7 aromatic rings. The van der Waals surface area contributed by atoms with E-state index in [-0.39, 0.29) is 5.25 Å². The molecule has 286 valence electrons. The molecule has 4 aliphatic rings. The van der Waals surface area contributed by atoms with Crippen LogP contribution < -0.4 is 5.46 Å². The number of allylic oxidation sites excluding steroid dienone is 3. The zero-order valence-corrected chi connectivity index (χ0v) is 34.3. The molecule has 7 heteroatoms. The zero-order valence-electron chi connectivity index (χ0n) is 33.5. The third-order valence-electron chi connectivity index (χ3n) is 13.0. The normalized spacial score (nSPS) is 20.4. The molecule has 0 radical (unpaired) electrons. The molecule has 3 heterocycles. The molecule has 0 N–H and O–H groups in total. The Morgan fingerprint density at radius 2 is 1.07 bits per heavy atom. The van der Waals surface area contributed by atoms with Gasteiger partial charge in [0, 0.05) is 26.8 Å². The number of thioether (sulfide) groups is 1. The van der Waals surface area contributed by atoms with E-state index in [0.717, 1.165) is 34.1 Å². The van der Waals surface area contributed by atoms with Crippen molar-refractivity contribution in [2.24, 2.45) is 0 Å². The van der Waals surface area contributed by atoms with Crippen LogP contribution in [0.25, 0.3) is 56.4 Å². The van der Waals surface area contributed by atoms with Crippen LogP contribution >= 0.6 is 11.8 Å². The Balaban J connectivity index is 1.06. The average Bonchev–Trinajstić information content (AvgIpc) is 3.69. The summed E-state index contributed by atoms with van der Waals surface area (Å²) in [5, 5.41) is 0.269. The Hall–Kier alpha value is -5.86. The number of hydrogen-bond donors (Lipinski definition) is 0.